The van der Waals surface area contributed by atoms with Gasteiger partial charge in [-0.2, -0.15) is 23.3 Å². The number of rotatable bonds is 3. The molecule has 0 saturated heterocycles. The SMILES string of the molecule is Cc1ncc2c(c1-c1noc(Cn3cccn3)n1)CCNC2.O=C(O)C(F)(F)F. The minimum atomic E-state index is -5.08. The van der Waals surface area contributed by atoms with Gasteiger partial charge in [-0.1, -0.05) is 5.16 Å². The van der Waals surface area contributed by atoms with E-state index < -0.39 is 12.1 Å². The first-order valence-electron chi connectivity index (χ1n) is 8.54. The average molecular weight is 410 g/mol. The molecule has 4 rings (SSSR count). The molecule has 0 saturated carbocycles. The van der Waals surface area contributed by atoms with Crippen LogP contribution in [0.4, 0.5) is 13.2 Å². The number of aromatic nitrogens is 5. The number of hydrogen-bond acceptors (Lipinski definition) is 7. The smallest absolute Gasteiger partial charge is 0.475 e. The summed E-state index contributed by atoms with van der Waals surface area (Å²) in [5.41, 5.74) is 4.43. The molecular weight excluding hydrogens is 393 g/mol. The first kappa shape index (κ1) is 20.5. The van der Waals surface area contributed by atoms with E-state index in [2.05, 4.69) is 25.5 Å². The molecule has 12 heteroatoms. The normalized spacial score (nSPS) is 13.4. The van der Waals surface area contributed by atoms with Gasteiger partial charge in [-0.15, -0.1) is 0 Å². The zero-order valence-corrected chi connectivity index (χ0v) is 15.3. The van der Waals surface area contributed by atoms with Crippen LogP contribution in [-0.4, -0.2) is 48.7 Å². The van der Waals surface area contributed by atoms with Crippen molar-refractivity contribution in [2.45, 2.75) is 32.6 Å². The number of nitrogens with zero attached hydrogens (tertiary/aromatic N) is 5. The molecule has 3 aromatic heterocycles. The fraction of sp³-hybridized carbons (Fsp3) is 0.353. The highest BCUT2D eigenvalue weighted by molar-refractivity contribution is 5.73. The molecule has 0 unspecified atom stereocenters. The van der Waals surface area contributed by atoms with Crippen molar-refractivity contribution >= 4 is 5.97 Å². The molecule has 0 aromatic carbocycles. The lowest BCUT2D eigenvalue weighted by atomic mass is 9.95. The second kappa shape index (κ2) is 8.39. The monoisotopic (exact) mass is 410 g/mol. The predicted octanol–water partition coefficient (Wildman–Crippen LogP) is 1.96. The van der Waals surface area contributed by atoms with Crippen LogP contribution in [0.5, 0.6) is 0 Å². The van der Waals surface area contributed by atoms with E-state index >= 15 is 0 Å². The first-order valence-corrected chi connectivity index (χ1v) is 8.54. The van der Waals surface area contributed by atoms with E-state index in [1.807, 2.05) is 25.4 Å². The van der Waals surface area contributed by atoms with Gasteiger partial charge in [0, 0.05) is 36.4 Å². The van der Waals surface area contributed by atoms with Crippen molar-refractivity contribution in [3.8, 4) is 11.4 Å². The minimum absolute atomic E-state index is 0.475. The molecular formula is C17H17F3N6O3. The number of nitrogens with one attached hydrogen (secondary N) is 1. The molecule has 9 nitrogen and oxygen atoms in total. The first-order chi connectivity index (χ1) is 13.8. The minimum Gasteiger partial charge on any atom is -0.475 e. The van der Waals surface area contributed by atoms with E-state index in [0.717, 1.165) is 30.8 Å². The molecule has 154 valence electrons. The maximum Gasteiger partial charge on any atom is 0.490 e. The summed E-state index contributed by atoms with van der Waals surface area (Å²) in [5.74, 6) is -1.59. The Kier molecular flexibility index (Phi) is 5.92. The second-order valence-electron chi connectivity index (χ2n) is 6.17. The van der Waals surface area contributed by atoms with Gasteiger partial charge in [-0.3, -0.25) is 9.67 Å². The third-order valence-electron chi connectivity index (χ3n) is 4.12. The Bertz CT molecular complexity index is 985. The molecule has 29 heavy (non-hydrogen) atoms. The zero-order chi connectivity index (χ0) is 21.0. The number of aliphatic carboxylic acids is 1. The van der Waals surface area contributed by atoms with Gasteiger partial charge < -0.3 is 14.9 Å². The van der Waals surface area contributed by atoms with Crippen molar-refractivity contribution in [3.63, 3.8) is 0 Å². The number of hydrogen-bond donors (Lipinski definition) is 2. The summed E-state index contributed by atoms with van der Waals surface area (Å²) < 4.78 is 38.9. The van der Waals surface area contributed by atoms with Gasteiger partial charge in [0.1, 0.15) is 6.54 Å². The van der Waals surface area contributed by atoms with Crippen LogP contribution in [0.2, 0.25) is 0 Å². The van der Waals surface area contributed by atoms with Crippen LogP contribution < -0.4 is 5.32 Å². The molecule has 1 aliphatic heterocycles. The molecule has 2 N–H and O–H groups in total. The summed E-state index contributed by atoms with van der Waals surface area (Å²) >= 11 is 0. The largest absolute Gasteiger partial charge is 0.490 e. The van der Waals surface area contributed by atoms with Crippen LogP contribution in [0.25, 0.3) is 11.4 Å². The van der Waals surface area contributed by atoms with Gasteiger partial charge >= 0.3 is 12.1 Å². The van der Waals surface area contributed by atoms with Crippen molar-refractivity contribution in [1.82, 2.24) is 30.2 Å². The standard InChI is InChI=1S/C15H16N6O.C2HF3O2/c1-10-14(12-3-5-16-7-11(12)8-17-10)15-19-13(22-20-15)9-21-6-2-4-18-21;3-2(4,5)1(6)7/h2,4,6,8,16H,3,5,7,9H2,1H3;(H,6,7). The van der Waals surface area contributed by atoms with Crippen LogP contribution in [0, 0.1) is 6.92 Å². The molecule has 0 bridgehead atoms. The van der Waals surface area contributed by atoms with Gasteiger partial charge in [-0.25, -0.2) is 4.79 Å². The Morgan fingerprint density at radius 1 is 1.41 bits per heavy atom. The molecule has 1 aliphatic rings. The summed E-state index contributed by atoms with van der Waals surface area (Å²) in [6.07, 6.45) is 1.40. The van der Waals surface area contributed by atoms with E-state index in [1.165, 1.54) is 11.1 Å². The number of carbonyl (C=O) groups is 1. The number of pyridine rings is 1. The maximum absolute atomic E-state index is 10.6. The van der Waals surface area contributed by atoms with Gasteiger partial charge in [0.05, 0.1) is 0 Å². The Morgan fingerprint density at radius 2 is 2.17 bits per heavy atom. The molecule has 0 amide bonds. The summed E-state index contributed by atoms with van der Waals surface area (Å²) in [4.78, 5) is 17.9. The third-order valence-corrected chi connectivity index (χ3v) is 4.12. The summed E-state index contributed by atoms with van der Waals surface area (Å²) in [7, 11) is 0. The second-order valence-corrected chi connectivity index (χ2v) is 6.17. The highest BCUT2D eigenvalue weighted by atomic mass is 19.4. The Hall–Kier alpha value is -3.28. The lowest BCUT2D eigenvalue weighted by molar-refractivity contribution is -0.192. The maximum atomic E-state index is 10.6. The molecule has 0 fully saturated rings. The molecule has 4 heterocycles. The van der Waals surface area contributed by atoms with Crippen molar-refractivity contribution in [2.75, 3.05) is 6.54 Å². The number of carboxylic acids is 1. The molecule has 3 aromatic rings. The van der Waals surface area contributed by atoms with Gasteiger partial charge in [0.25, 0.3) is 0 Å². The fourth-order valence-electron chi connectivity index (χ4n) is 2.82. The van der Waals surface area contributed by atoms with Crippen LogP contribution in [0.3, 0.4) is 0 Å². The average Bonchev–Trinajstić information content (AvgIpc) is 3.34. The van der Waals surface area contributed by atoms with E-state index in [1.54, 1.807) is 10.9 Å². The number of alkyl halides is 3. The molecule has 0 aliphatic carbocycles. The zero-order valence-electron chi connectivity index (χ0n) is 15.3. The van der Waals surface area contributed by atoms with Gasteiger partial charge in [0.2, 0.25) is 11.7 Å². The van der Waals surface area contributed by atoms with E-state index in [-0.39, 0.29) is 0 Å². The molecule has 0 spiro atoms. The van der Waals surface area contributed by atoms with E-state index in [4.69, 9.17) is 14.4 Å². The van der Waals surface area contributed by atoms with Crippen molar-refractivity contribution in [3.05, 3.63) is 47.4 Å². The van der Waals surface area contributed by atoms with E-state index in [0.29, 0.717) is 18.3 Å². The lowest BCUT2D eigenvalue weighted by Gasteiger charge is -2.19. The number of fused-ring (bicyclic) bond motifs is 1. The van der Waals surface area contributed by atoms with Crippen molar-refractivity contribution in [1.29, 1.82) is 0 Å². The topological polar surface area (TPSA) is 119 Å². The van der Waals surface area contributed by atoms with Crippen LogP contribution in [0.15, 0.2) is 29.2 Å². The number of aryl methyl sites for hydroxylation is 1. The third kappa shape index (κ3) is 4.96. The number of carboxylic acid groups (broad SMARTS) is 1. The molecule has 0 atom stereocenters. The van der Waals surface area contributed by atoms with Crippen molar-refractivity contribution < 1.29 is 27.6 Å². The summed E-state index contributed by atoms with van der Waals surface area (Å²) in [6, 6.07) is 1.87. The fourth-order valence-corrected chi connectivity index (χ4v) is 2.82. The highest BCUT2D eigenvalue weighted by Gasteiger charge is 2.38. The van der Waals surface area contributed by atoms with E-state index in [9.17, 15) is 13.2 Å². The Labute approximate surface area is 162 Å². The van der Waals surface area contributed by atoms with Crippen LogP contribution in [0.1, 0.15) is 22.7 Å². The molecule has 0 radical (unpaired) electrons. The quantitative estimate of drug-likeness (QED) is 0.673. The van der Waals surface area contributed by atoms with Crippen LogP contribution in [-0.2, 0) is 24.3 Å². The Morgan fingerprint density at radius 3 is 2.83 bits per heavy atom. The number of halogens is 3. The Balaban J connectivity index is 0.000000298. The van der Waals surface area contributed by atoms with Gasteiger partial charge in [0.15, 0.2) is 0 Å². The summed E-state index contributed by atoms with van der Waals surface area (Å²) in [6.45, 7) is 4.26. The van der Waals surface area contributed by atoms with Crippen LogP contribution >= 0.6 is 0 Å². The predicted molar refractivity (Wildman–Crippen MR) is 92.7 cm³/mol. The van der Waals surface area contributed by atoms with Crippen molar-refractivity contribution in [2.24, 2.45) is 0 Å². The van der Waals surface area contributed by atoms with Gasteiger partial charge in [-0.05, 0) is 37.1 Å². The lowest BCUT2D eigenvalue weighted by Crippen LogP contribution is -2.24. The highest BCUT2D eigenvalue weighted by Crippen LogP contribution is 2.28. The summed E-state index contributed by atoms with van der Waals surface area (Å²) in [5, 5.41) is 18.8.